The van der Waals surface area contributed by atoms with E-state index in [0.717, 1.165) is 41.7 Å². The Hall–Kier alpha value is -3.20. The maximum absolute atomic E-state index is 5.29. The molecule has 3 heteroatoms. The van der Waals surface area contributed by atoms with E-state index >= 15 is 0 Å². The molecule has 1 N–H and O–H groups in total. The van der Waals surface area contributed by atoms with E-state index in [-0.39, 0.29) is 0 Å². The van der Waals surface area contributed by atoms with Crippen molar-refractivity contribution in [2.45, 2.75) is 64.7 Å². The van der Waals surface area contributed by atoms with Gasteiger partial charge in [0.2, 0.25) is 0 Å². The molecule has 4 aromatic rings. The van der Waals surface area contributed by atoms with Crippen LogP contribution in [0.1, 0.15) is 62.3 Å². The van der Waals surface area contributed by atoms with E-state index in [1.807, 2.05) is 6.92 Å². The van der Waals surface area contributed by atoms with Crippen LogP contribution in [0.3, 0.4) is 0 Å². The Morgan fingerprint density at radius 1 is 0.853 bits per heavy atom. The van der Waals surface area contributed by atoms with E-state index in [4.69, 9.17) is 9.97 Å². The van der Waals surface area contributed by atoms with Gasteiger partial charge in [0, 0.05) is 22.4 Å². The number of imidazole rings is 1. The monoisotopic (exact) mass is 447 g/mol. The van der Waals surface area contributed by atoms with E-state index in [0.29, 0.717) is 5.41 Å². The second kappa shape index (κ2) is 8.23. The van der Waals surface area contributed by atoms with Crippen molar-refractivity contribution in [2.24, 2.45) is 5.92 Å². The zero-order valence-electron chi connectivity index (χ0n) is 20.5. The largest absolute Gasteiger partial charge is 0.346 e. The van der Waals surface area contributed by atoms with Gasteiger partial charge in [-0.3, -0.25) is 4.98 Å². The highest BCUT2D eigenvalue weighted by molar-refractivity contribution is 5.85. The van der Waals surface area contributed by atoms with E-state index in [9.17, 15) is 0 Å². The van der Waals surface area contributed by atoms with E-state index in [1.54, 1.807) is 0 Å². The first-order chi connectivity index (χ1) is 16.5. The lowest BCUT2D eigenvalue weighted by Gasteiger charge is -2.44. The summed E-state index contributed by atoms with van der Waals surface area (Å²) in [6, 6.07) is 22.4. The highest BCUT2D eigenvalue weighted by Crippen LogP contribution is 2.48. The molecule has 2 heterocycles. The quantitative estimate of drug-likeness (QED) is 0.341. The van der Waals surface area contributed by atoms with Gasteiger partial charge in [0.1, 0.15) is 5.82 Å². The Balaban J connectivity index is 1.46. The molecule has 3 nitrogen and oxygen atoms in total. The number of aromatic nitrogens is 3. The van der Waals surface area contributed by atoms with Gasteiger partial charge in [0.05, 0.1) is 17.1 Å². The molecule has 0 atom stereocenters. The SMILES string of the molecule is Cc1nc2c([nH]1)CCc1nc(-c3ccc(C4(CC(C)C)CCC4)cc3)c(-c3ccccc3)cc1-2. The van der Waals surface area contributed by atoms with Crippen molar-refractivity contribution in [1.29, 1.82) is 0 Å². The molecule has 0 aliphatic heterocycles. The van der Waals surface area contributed by atoms with Gasteiger partial charge in [-0.25, -0.2) is 4.98 Å². The third kappa shape index (κ3) is 3.58. The standard InChI is InChI=1S/C31H33N3/c1-20(2)19-31(16-7-17-31)24-12-10-23(11-13-24)29-25(22-8-5-4-6-9-22)18-26-27(34-29)14-15-28-30(26)33-21(3)32-28/h4-6,8-13,18,20H,7,14-17,19H2,1-3H3,(H,32,33). The van der Waals surface area contributed by atoms with Crippen LogP contribution >= 0.6 is 0 Å². The number of hydrogen-bond donors (Lipinski definition) is 1. The summed E-state index contributed by atoms with van der Waals surface area (Å²) in [4.78, 5) is 13.5. The molecule has 172 valence electrons. The molecule has 2 aliphatic carbocycles. The van der Waals surface area contributed by atoms with Gasteiger partial charge in [0.15, 0.2) is 0 Å². The van der Waals surface area contributed by atoms with Crippen molar-refractivity contribution in [3.63, 3.8) is 0 Å². The lowest BCUT2D eigenvalue weighted by atomic mass is 9.61. The number of aryl methyl sites for hydroxylation is 3. The predicted molar refractivity (Wildman–Crippen MR) is 140 cm³/mol. The molecule has 34 heavy (non-hydrogen) atoms. The number of nitrogens with zero attached hydrogens (tertiary/aromatic N) is 2. The summed E-state index contributed by atoms with van der Waals surface area (Å²) in [5.41, 5.74) is 11.2. The molecular weight excluding hydrogens is 414 g/mol. The van der Waals surface area contributed by atoms with Crippen molar-refractivity contribution in [3.05, 3.63) is 83.4 Å². The van der Waals surface area contributed by atoms with Crippen molar-refractivity contribution >= 4 is 0 Å². The Labute approximate surface area is 202 Å². The summed E-state index contributed by atoms with van der Waals surface area (Å²) in [7, 11) is 0. The van der Waals surface area contributed by atoms with Gasteiger partial charge in [-0.05, 0) is 67.6 Å². The molecular formula is C31H33N3. The number of pyridine rings is 1. The van der Waals surface area contributed by atoms with Crippen LogP contribution in [0.5, 0.6) is 0 Å². The number of H-pyrrole nitrogens is 1. The molecule has 0 spiro atoms. The topological polar surface area (TPSA) is 41.6 Å². The minimum Gasteiger partial charge on any atom is -0.346 e. The molecule has 1 fully saturated rings. The molecule has 2 aromatic heterocycles. The van der Waals surface area contributed by atoms with Crippen LogP contribution in [-0.2, 0) is 18.3 Å². The van der Waals surface area contributed by atoms with Gasteiger partial charge in [-0.1, -0.05) is 74.9 Å². The smallest absolute Gasteiger partial charge is 0.103 e. The number of hydrogen-bond acceptors (Lipinski definition) is 2. The number of benzene rings is 2. The Morgan fingerprint density at radius 2 is 1.62 bits per heavy atom. The number of aromatic amines is 1. The Bertz CT molecular complexity index is 1330. The second-order valence-corrected chi connectivity index (χ2v) is 10.7. The van der Waals surface area contributed by atoms with Crippen LogP contribution in [0, 0.1) is 12.8 Å². The van der Waals surface area contributed by atoms with E-state index < -0.39 is 0 Å². The van der Waals surface area contributed by atoms with Crippen LogP contribution in [0.25, 0.3) is 33.6 Å². The molecule has 0 radical (unpaired) electrons. The molecule has 6 rings (SSSR count). The lowest BCUT2D eigenvalue weighted by molar-refractivity contribution is 0.200. The fourth-order valence-electron chi connectivity index (χ4n) is 6.17. The van der Waals surface area contributed by atoms with Crippen LogP contribution in [0.2, 0.25) is 0 Å². The summed E-state index contributed by atoms with van der Waals surface area (Å²) in [5, 5.41) is 0. The molecule has 2 aliphatic rings. The van der Waals surface area contributed by atoms with Crippen LogP contribution < -0.4 is 0 Å². The van der Waals surface area contributed by atoms with Crippen molar-refractivity contribution < 1.29 is 0 Å². The van der Waals surface area contributed by atoms with Gasteiger partial charge < -0.3 is 4.98 Å². The zero-order chi connectivity index (χ0) is 23.3. The van der Waals surface area contributed by atoms with E-state index in [2.05, 4.69) is 79.5 Å². The summed E-state index contributed by atoms with van der Waals surface area (Å²) >= 11 is 0. The zero-order valence-corrected chi connectivity index (χ0v) is 20.5. The third-order valence-electron chi connectivity index (χ3n) is 7.83. The minimum atomic E-state index is 0.381. The van der Waals surface area contributed by atoms with Gasteiger partial charge in [0.25, 0.3) is 0 Å². The summed E-state index contributed by atoms with van der Waals surface area (Å²) in [6.07, 6.45) is 7.20. The molecule has 2 aromatic carbocycles. The minimum absolute atomic E-state index is 0.381. The maximum atomic E-state index is 5.29. The fourth-order valence-corrected chi connectivity index (χ4v) is 6.17. The first-order valence-electron chi connectivity index (χ1n) is 12.8. The molecule has 0 amide bonds. The molecule has 0 saturated heterocycles. The molecule has 1 saturated carbocycles. The first-order valence-corrected chi connectivity index (χ1v) is 12.8. The van der Waals surface area contributed by atoms with Gasteiger partial charge in [-0.15, -0.1) is 0 Å². The average molecular weight is 448 g/mol. The second-order valence-electron chi connectivity index (χ2n) is 10.7. The normalized spacial score (nSPS) is 16.1. The van der Waals surface area contributed by atoms with Crippen molar-refractivity contribution in [2.75, 3.05) is 0 Å². The highest BCUT2D eigenvalue weighted by atomic mass is 14.9. The predicted octanol–water partition coefficient (Wildman–Crippen LogP) is 7.68. The number of fused-ring (bicyclic) bond motifs is 3. The molecule has 0 unspecified atom stereocenters. The lowest BCUT2D eigenvalue weighted by Crippen LogP contribution is -2.35. The highest BCUT2D eigenvalue weighted by Gasteiger charge is 2.38. The average Bonchev–Trinajstić information content (AvgIpc) is 3.22. The van der Waals surface area contributed by atoms with Crippen molar-refractivity contribution in [1.82, 2.24) is 15.0 Å². The van der Waals surface area contributed by atoms with Gasteiger partial charge >= 0.3 is 0 Å². The maximum Gasteiger partial charge on any atom is 0.103 e. The van der Waals surface area contributed by atoms with Crippen LogP contribution in [0.15, 0.2) is 60.7 Å². The molecule has 0 bridgehead atoms. The van der Waals surface area contributed by atoms with E-state index in [1.165, 1.54) is 59.2 Å². The Morgan fingerprint density at radius 3 is 2.29 bits per heavy atom. The van der Waals surface area contributed by atoms with Crippen LogP contribution in [0.4, 0.5) is 0 Å². The fraction of sp³-hybridized carbons (Fsp3) is 0.355. The van der Waals surface area contributed by atoms with Crippen LogP contribution in [-0.4, -0.2) is 15.0 Å². The van der Waals surface area contributed by atoms with Gasteiger partial charge in [-0.2, -0.15) is 0 Å². The van der Waals surface area contributed by atoms with Crippen molar-refractivity contribution in [3.8, 4) is 33.6 Å². The summed E-state index contributed by atoms with van der Waals surface area (Å²) in [6.45, 7) is 6.74. The number of nitrogens with one attached hydrogen (secondary N) is 1. The summed E-state index contributed by atoms with van der Waals surface area (Å²) < 4.78 is 0. The third-order valence-corrected chi connectivity index (χ3v) is 7.83. The first kappa shape index (κ1) is 21.3. The summed E-state index contributed by atoms with van der Waals surface area (Å²) in [5.74, 6) is 1.70. The Kier molecular flexibility index (Phi) is 5.17. The number of rotatable bonds is 5.